The summed E-state index contributed by atoms with van der Waals surface area (Å²) in [6, 6.07) is 5.02. The summed E-state index contributed by atoms with van der Waals surface area (Å²) >= 11 is 0. The molecule has 3 nitrogen and oxygen atoms in total. The second-order valence-electron chi connectivity index (χ2n) is 5.22. The van der Waals surface area contributed by atoms with Crippen molar-refractivity contribution in [1.82, 2.24) is 9.88 Å². The quantitative estimate of drug-likeness (QED) is 0.866. The maximum absolute atomic E-state index is 4.26. The highest BCUT2D eigenvalue weighted by molar-refractivity contribution is 5.36. The Bertz CT molecular complexity index is 362. The Morgan fingerprint density at radius 2 is 2.35 bits per heavy atom. The molecule has 2 rings (SSSR count). The molecule has 0 saturated carbocycles. The van der Waals surface area contributed by atoms with E-state index in [9.17, 15) is 0 Å². The van der Waals surface area contributed by atoms with E-state index in [4.69, 9.17) is 0 Å². The van der Waals surface area contributed by atoms with Crippen molar-refractivity contribution in [2.75, 3.05) is 18.9 Å². The van der Waals surface area contributed by atoms with Crippen LogP contribution < -0.4 is 5.32 Å². The molecule has 0 radical (unpaired) electrons. The zero-order valence-corrected chi connectivity index (χ0v) is 11.1. The van der Waals surface area contributed by atoms with E-state index in [2.05, 4.69) is 41.2 Å². The summed E-state index contributed by atoms with van der Waals surface area (Å²) in [5.41, 5.74) is 1.36. The third-order valence-corrected chi connectivity index (χ3v) is 3.65. The van der Waals surface area contributed by atoms with Gasteiger partial charge in [0.25, 0.3) is 0 Å². The Kier molecular flexibility index (Phi) is 4.00. The van der Waals surface area contributed by atoms with E-state index in [0.29, 0.717) is 0 Å². The van der Waals surface area contributed by atoms with Gasteiger partial charge in [-0.15, -0.1) is 0 Å². The molecule has 1 N–H and O–H groups in total. The van der Waals surface area contributed by atoms with E-state index >= 15 is 0 Å². The van der Waals surface area contributed by atoms with Gasteiger partial charge in [0, 0.05) is 25.8 Å². The van der Waals surface area contributed by atoms with Crippen LogP contribution in [0, 0.1) is 5.92 Å². The van der Waals surface area contributed by atoms with Crippen LogP contribution in [0.5, 0.6) is 0 Å². The van der Waals surface area contributed by atoms with Crippen LogP contribution in [0.1, 0.15) is 32.3 Å². The van der Waals surface area contributed by atoms with Crippen LogP contribution in [-0.2, 0) is 6.54 Å². The summed E-state index contributed by atoms with van der Waals surface area (Å²) in [6.45, 7) is 6.95. The van der Waals surface area contributed by atoms with Gasteiger partial charge in [-0.1, -0.05) is 13.8 Å². The maximum Gasteiger partial charge on any atom is 0.125 e. The molecule has 3 heteroatoms. The molecule has 0 bridgehead atoms. The van der Waals surface area contributed by atoms with Crippen molar-refractivity contribution in [3.63, 3.8) is 0 Å². The van der Waals surface area contributed by atoms with E-state index in [1.54, 1.807) is 0 Å². The number of nitrogens with zero attached hydrogens (tertiary/aromatic N) is 2. The largest absolute Gasteiger partial charge is 0.373 e. The molecule has 0 spiro atoms. The first-order chi connectivity index (χ1) is 8.20. The average Bonchev–Trinajstić information content (AvgIpc) is 2.77. The Balaban J connectivity index is 2.04. The van der Waals surface area contributed by atoms with Crippen molar-refractivity contribution in [2.24, 2.45) is 5.92 Å². The van der Waals surface area contributed by atoms with Gasteiger partial charge in [0.05, 0.1) is 0 Å². The summed E-state index contributed by atoms with van der Waals surface area (Å²) < 4.78 is 0. The van der Waals surface area contributed by atoms with Gasteiger partial charge in [0.15, 0.2) is 0 Å². The van der Waals surface area contributed by atoms with Crippen molar-refractivity contribution in [3.05, 3.63) is 23.9 Å². The lowest BCUT2D eigenvalue weighted by atomic mass is 10.0. The van der Waals surface area contributed by atoms with Crippen molar-refractivity contribution >= 4 is 5.82 Å². The van der Waals surface area contributed by atoms with Crippen molar-refractivity contribution in [3.8, 4) is 0 Å². The number of hydrogen-bond donors (Lipinski definition) is 1. The molecule has 1 saturated heterocycles. The van der Waals surface area contributed by atoms with Crippen LogP contribution in [0.25, 0.3) is 0 Å². The highest BCUT2D eigenvalue weighted by Crippen LogP contribution is 2.25. The van der Waals surface area contributed by atoms with Gasteiger partial charge in [-0.25, -0.2) is 4.98 Å². The SMILES string of the molecule is CNc1cc(CN2CCCC2C(C)C)ccn1. The highest BCUT2D eigenvalue weighted by atomic mass is 15.2. The first kappa shape index (κ1) is 12.4. The summed E-state index contributed by atoms with van der Waals surface area (Å²) in [7, 11) is 1.92. The molecule has 2 heterocycles. The molecule has 1 fully saturated rings. The molecule has 1 atom stereocenters. The predicted molar refractivity (Wildman–Crippen MR) is 72.1 cm³/mol. The Labute approximate surface area is 104 Å². The smallest absolute Gasteiger partial charge is 0.125 e. The van der Waals surface area contributed by atoms with Crippen molar-refractivity contribution in [2.45, 2.75) is 39.3 Å². The normalized spacial score (nSPS) is 21.1. The fraction of sp³-hybridized carbons (Fsp3) is 0.643. The minimum atomic E-state index is 0.751. The van der Waals surface area contributed by atoms with Crippen molar-refractivity contribution in [1.29, 1.82) is 0 Å². The Hall–Kier alpha value is -1.09. The van der Waals surface area contributed by atoms with Crippen LogP contribution in [0.15, 0.2) is 18.3 Å². The maximum atomic E-state index is 4.26. The molecule has 1 aliphatic rings. The van der Waals surface area contributed by atoms with Gasteiger partial charge >= 0.3 is 0 Å². The monoisotopic (exact) mass is 233 g/mol. The van der Waals surface area contributed by atoms with Crippen LogP contribution in [0.2, 0.25) is 0 Å². The second kappa shape index (κ2) is 5.50. The number of aromatic nitrogens is 1. The zero-order chi connectivity index (χ0) is 12.3. The number of anilines is 1. The van der Waals surface area contributed by atoms with Crippen LogP contribution in [-0.4, -0.2) is 29.5 Å². The average molecular weight is 233 g/mol. The molecule has 17 heavy (non-hydrogen) atoms. The van der Waals surface area contributed by atoms with Crippen molar-refractivity contribution < 1.29 is 0 Å². The lowest BCUT2D eigenvalue weighted by molar-refractivity contribution is 0.199. The molecule has 0 amide bonds. The number of likely N-dealkylation sites (tertiary alicyclic amines) is 1. The number of rotatable bonds is 4. The summed E-state index contributed by atoms with van der Waals surface area (Å²) in [6.07, 6.45) is 4.58. The van der Waals surface area contributed by atoms with E-state index in [0.717, 1.165) is 24.3 Å². The molecule has 0 aromatic carbocycles. The summed E-state index contributed by atoms with van der Waals surface area (Å²) in [4.78, 5) is 6.87. The summed E-state index contributed by atoms with van der Waals surface area (Å²) in [5.74, 6) is 1.71. The molecular formula is C14H23N3. The molecule has 1 aliphatic heterocycles. The number of hydrogen-bond acceptors (Lipinski definition) is 3. The minimum Gasteiger partial charge on any atom is -0.373 e. The number of nitrogens with one attached hydrogen (secondary N) is 1. The van der Waals surface area contributed by atoms with E-state index in [-0.39, 0.29) is 0 Å². The second-order valence-corrected chi connectivity index (χ2v) is 5.22. The van der Waals surface area contributed by atoms with Gasteiger partial charge in [-0.3, -0.25) is 4.90 Å². The van der Waals surface area contributed by atoms with Crippen LogP contribution >= 0.6 is 0 Å². The Morgan fingerprint density at radius 3 is 3.06 bits per heavy atom. The zero-order valence-electron chi connectivity index (χ0n) is 11.1. The lowest BCUT2D eigenvalue weighted by Gasteiger charge is -2.27. The van der Waals surface area contributed by atoms with Gasteiger partial charge in [-0.2, -0.15) is 0 Å². The van der Waals surface area contributed by atoms with Gasteiger partial charge in [-0.05, 0) is 43.0 Å². The first-order valence-electron chi connectivity index (χ1n) is 6.57. The van der Waals surface area contributed by atoms with Gasteiger partial charge < -0.3 is 5.32 Å². The topological polar surface area (TPSA) is 28.2 Å². The number of pyridine rings is 1. The first-order valence-corrected chi connectivity index (χ1v) is 6.57. The molecule has 1 aromatic heterocycles. The van der Waals surface area contributed by atoms with Gasteiger partial charge in [0.1, 0.15) is 5.82 Å². The molecule has 94 valence electrons. The highest BCUT2D eigenvalue weighted by Gasteiger charge is 2.26. The van der Waals surface area contributed by atoms with E-state index < -0.39 is 0 Å². The third-order valence-electron chi connectivity index (χ3n) is 3.65. The molecule has 1 unspecified atom stereocenters. The predicted octanol–water partition coefficient (Wildman–Crippen LogP) is 2.74. The lowest BCUT2D eigenvalue weighted by Crippen LogP contribution is -2.32. The standard InChI is InChI=1S/C14H23N3/c1-11(2)13-5-4-8-17(13)10-12-6-7-16-14(9-12)15-3/h6-7,9,11,13H,4-5,8,10H2,1-3H3,(H,15,16). The fourth-order valence-corrected chi connectivity index (χ4v) is 2.75. The van der Waals surface area contributed by atoms with E-state index in [1.807, 2.05) is 13.2 Å². The fourth-order valence-electron chi connectivity index (χ4n) is 2.75. The molecule has 0 aliphatic carbocycles. The van der Waals surface area contributed by atoms with Crippen LogP contribution in [0.4, 0.5) is 5.82 Å². The summed E-state index contributed by atoms with van der Waals surface area (Å²) in [5, 5.41) is 3.10. The molecule has 1 aromatic rings. The Morgan fingerprint density at radius 1 is 1.53 bits per heavy atom. The van der Waals surface area contributed by atoms with Gasteiger partial charge in [0.2, 0.25) is 0 Å². The third kappa shape index (κ3) is 2.97. The minimum absolute atomic E-state index is 0.751. The van der Waals surface area contributed by atoms with E-state index in [1.165, 1.54) is 24.9 Å². The van der Waals surface area contributed by atoms with Crippen LogP contribution in [0.3, 0.4) is 0 Å². The molecular weight excluding hydrogens is 210 g/mol.